The molecule has 108 valence electrons. The summed E-state index contributed by atoms with van der Waals surface area (Å²) in [5, 5.41) is 5.88. The van der Waals surface area contributed by atoms with Crippen LogP contribution in [0.2, 0.25) is 0 Å². The van der Waals surface area contributed by atoms with Gasteiger partial charge in [0.25, 0.3) is 0 Å². The number of benzene rings is 1. The molecule has 2 nitrogen and oxygen atoms in total. The fourth-order valence-electron chi connectivity index (χ4n) is 2.26. The first-order valence-corrected chi connectivity index (χ1v) is 8.13. The van der Waals surface area contributed by atoms with Crippen LogP contribution in [-0.2, 0) is 0 Å². The van der Waals surface area contributed by atoms with E-state index >= 15 is 0 Å². The van der Waals surface area contributed by atoms with Gasteiger partial charge in [-0.3, -0.25) is 0 Å². The monoisotopic (exact) mass is 289 g/mol. The number of ether oxygens (including phenoxy) is 1. The lowest BCUT2D eigenvalue weighted by molar-refractivity contribution is 0.340. The first-order valence-electron chi connectivity index (χ1n) is 7.25. The maximum atomic E-state index is 5.51. The van der Waals surface area contributed by atoms with Gasteiger partial charge >= 0.3 is 0 Å². The molecule has 2 aromatic rings. The maximum Gasteiger partial charge on any atom is 0.119 e. The van der Waals surface area contributed by atoms with Gasteiger partial charge in [0.2, 0.25) is 0 Å². The molecule has 1 aromatic heterocycles. The van der Waals surface area contributed by atoms with Crippen molar-refractivity contribution in [3.8, 4) is 5.75 Å². The zero-order valence-electron chi connectivity index (χ0n) is 12.5. The van der Waals surface area contributed by atoms with E-state index in [9.17, 15) is 0 Å². The fourth-order valence-corrected chi connectivity index (χ4v) is 2.99. The zero-order valence-corrected chi connectivity index (χ0v) is 13.3. The lowest BCUT2D eigenvalue weighted by Gasteiger charge is -2.18. The van der Waals surface area contributed by atoms with Crippen LogP contribution in [0.4, 0.5) is 0 Å². The van der Waals surface area contributed by atoms with E-state index in [4.69, 9.17) is 4.74 Å². The molecule has 1 N–H and O–H groups in total. The van der Waals surface area contributed by atoms with Crippen molar-refractivity contribution >= 4 is 11.3 Å². The van der Waals surface area contributed by atoms with E-state index in [0.717, 1.165) is 18.7 Å². The summed E-state index contributed by atoms with van der Waals surface area (Å²) in [4.78, 5) is 1.36. The summed E-state index contributed by atoms with van der Waals surface area (Å²) in [6.45, 7) is 8.09. The molecule has 0 amide bonds. The first-order chi connectivity index (χ1) is 9.74. The largest absolute Gasteiger partial charge is 0.494 e. The van der Waals surface area contributed by atoms with Crippen LogP contribution in [0.3, 0.4) is 0 Å². The molecule has 0 aliphatic rings. The number of hydrogen-bond acceptors (Lipinski definition) is 3. The van der Waals surface area contributed by atoms with Gasteiger partial charge in [0.05, 0.1) is 12.6 Å². The molecule has 1 unspecified atom stereocenters. The second-order valence-corrected chi connectivity index (χ2v) is 6.00. The van der Waals surface area contributed by atoms with E-state index in [1.165, 1.54) is 16.0 Å². The summed E-state index contributed by atoms with van der Waals surface area (Å²) in [5.74, 6) is 0.937. The average Bonchev–Trinajstić information content (AvgIpc) is 2.88. The van der Waals surface area contributed by atoms with E-state index in [0.29, 0.717) is 6.61 Å². The third kappa shape index (κ3) is 3.84. The second-order valence-electron chi connectivity index (χ2n) is 4.88. The Hall–Kier alpha value is -1.32. The molecule has 0 fully saturated rings. The van der Waals surface area contributed by atoms with Gasteiger partial charge in [-0.15, -0.1) is 11.3 Å². The molecular formula is C17H23NOS. The van der Waals surface area contributed by atoms with E-state index in [1.807, 2.05) is 18.3 Å². The Morgan fingerprint density at radius 3 is 2.45 bits per heavy atom. The Morgan fingerprint density at radius 1 is 1.15 bits per heavy atom. The summed E-state index contributed by atoms with van der Waals surface area (Å²) in [6.07, 6.45) is 1.14. The molecule has 0 aliphatic heterocycles. The molecule has 1 aromatic carbocycles. The van der Waals surface area contributed by atoms with Gasteiger partial charge in [-0.1, -0.05) is 19.1 Å². The van der Waals surface area contributed by atoms with Crippen LogP contribution >= 0.6 is 11.3 Å². The normalized spacial score (nSPS) is 12.3. The fraction of sp³-hybridized carbons (Fsp3) is 0.412. The van der Waals surface area contributed by atoms with Crippen molar-refractivity contribution in [3.05, 3.63) is 51.7 Å². The highest BCUT2D eigenvalue weighted by Crippen LogP contribution is 2.27. The summed E-state index contributed by atoms with van der Waals surface area (Å²) < 4.78 is 5.51. The molecule has 1 atom stereocenters. The molecule has 20 heavy (non-hydrogen) atoms. The lowest BCUT2D eigenvalue weighted by atomic mass is 10.0. The average molecular weight is 289 g/mol. The second kappa shape index (κ2) is 7.46. The Morgan fingerprint density at radius 2 is 1.90 bits per heavy atom. The number of hydrogen-bond donors (Lipinski definition) is 1. The Kier molecular flexibility index (Phi) is 5.62. The van der Waals surface area contributed by atoms with Crippen molar-refractivity contribution in [1.29, 1.82) is 0 Å². The molecule has 3 heteroatoms. The van der Waals surface area contributed by atoms with Gasteiger partial charge in [0.15, 0.2) is 0 Å². The van der Waals surface area contributed by atoms with E-state index in [2.05, 4.69) is 54.9 Å². The van der Waals surface area contributed by atoms with Crippen LogP contribution < -0.4 is 10.1 Å². The van der Waals surface area contributed by atoms with Crippen molar-refractivity contribution in [2.45, 2.75) is 33.2 Å². The van der Waals surface area contributed by atoms with Crippen LogP contribution in [0.15, 0.2) is 35.7 Å². The standard InChI is InChI=1S/C17H23NOS/c1-4-10-18-17(15-11-13(3)20-12-15)14-6-8-16(9-7-14)19-5-2/h6-9,11-12,17-18H,4-5,10H2,1-3H3. The van der Waals surface area contributed by atoms with Gasteiger partial charge in [-0.25, -0.2) is 0 Å². The maximum absolute atomic E-state index is 5.51. The lowest BCUT2D eigenvalue weighted by Crippen LogP contribution is -2.22. The molecule has 0 aliphatic carbocycles. The Labute approximate surface area is 125 Å². The molecule has 0 radical (unpaired) electrons. The number of aryl methyl sites for hydroxylation is 1. The molecule has 0 saturated carbocycles. The topological polar surface area (TPSA) is 21.3 Å². The van der Waals surface area contributed by atoms with Crippen LogP contribution in [-0.4, -0.2) is 13.2 Å². The minimum absolute atomic E-state index is 0.274. The highest BCUT2D eigenvalue weighted by atomic mass is 32.1. The molecule has 1 heterocycles. The van der Waals surface area contributed by atoms with Gasteiger partial charge in [-0.2, -0.15) is 0 Å². The molecule has 0 saturated heterocycles. The van der Waals surface area contributed by atoms with Gasteiger partial charge in [0, 0.05) is 4.88 Å². The number of thiophene rings is 1. The van der Waals surface area contributed by atoms with Crippen LogP contribution in [0, 0.1) is 6.92 Å². The summed E-state index contributed by atoms with van der Waals surface area (Å²) in [7, 11) is 0. The van der Waals surface area contributed by atoms with E-state index in [-0.39, 0.29) is 6.04 Å². The smallest absolute Gasteiger partial charge is 0.119 e. The van der Waals surface area contributed by atoms with Crippen molar-refractivity contribution < 1.29 is 4.74 Å². The van der Waals surface area contributed by atoms with E-state index in [1.54, 1.807) is 0 Å². The third-order valence-electron chi connectivity index (χ3n) is 3.21. The number of rotatable bonds is 7. The molecular weight excluding hydrogens is 266 g/mol. The highest BCUT2D eigenvalue weighted by molar-refractivity contribution is 7.10. The van der Waals surface area contributed by atoms with Crippen LogP contribution in [0.1, 0.15) is 42.3 Å². The van der Waals surface area contributed by atoms with E-state index < -0.39 is 0 Å². The summed E-state index contributed by atoms with van der Waals surface area (Å²) >= 11 is 1.81. The zero-order chi connectivity index (χ0) is 14.4. The SMILES string of the molecule is CCCNC(c1ccc(OCC)cc1)c1csc(C)c1. The van der Waals surface area contributed by atoms with Crippen LogP contribution in [0.25, 0.3) is 0 Å². The predicted molar refractivity (Wildman–Crippen MR) is 86.8 cm³/mol. The number of nitrogens with one attached hydrogen (secondary N) is 1. The quantitative estimate of drug-likeness (QED) is 0.807. The molecule has 0 spiro atoms. The van der Waals surface area contributed by atoms with Crippen molar-refractivity contribution in [2.24, 2.45) is 0 Å². The van der Waals surface area contributed by atoms with Crippen molar-refractivity contribution in [1.82, 2.24) is 5.32 Å². The third-order valence-corrected chi connectivity index (χ3v) is 4.09. The molecule has 0 bridgehead atoms. The van der Waals surface area contributed by atoms with Gasteiger partial charge in [0.1, 0.15) is 5.75 Å². The highest BCUT2D eigenvalue weighted by Gasteiger charge is 2.14. The predicted octanol–water partition coefficient (Wildman–Crippen LogP) is 4.54. The van der Waals surface area contributed by atoms with Crippen LogP contribution in [0.5, 0.6) is 5.75 Å². The Bertz CT molecular complexity index is 518. The summed E-state index contributed by atoms with van der Waals surface area (Å²) in [5.41, 5.74) is 2.64. The molecule has 2 rings (SSSR count). The minimum Gasteiger partial charge on any atom is -0.494 e. The first kappa shape index (κ1) is 15.1. The van der Waals surface area contributed by atoms with Crippen molar-refractivity contribution in [3.63, 3.8) is 0 Å². The summed E-state index contributed by atoms with van der Waals surface area (Å²) in [6, 6.07) is 11.0. The minimum atomic E-state index is 0.274. The Balaban J connectivity index is 2.21. The van der Waals surface area contributed by atoms with Gasteiger partial charge < -0.3 is 10.1 Å². The van der Waals surface area contributed by atoms with Crippen molar-refractivity contribution in [2.75, 3.05) is 13.2 Å². The van der Waals surface area contributed by atoms with Gasteiger partial charge in [-0.05, 0) is 61.5 Å².